The zero-order valence-electron chi connectivity index (χ0n) is 18.3. The van der Waals surface area contributed by atoms with Crippen molar-refractivity contribution in [1.29, 1.82) is 0 Å². The second-order valence-corrected chi connectivity index (χ2v) is 8.04. The van der Waals surface area contributed by atoms with Gasteiger partial charge in [0.05, 0.1) is 5.69 Å². The molecule has 2 aromatic carbocycles. The molecule has 1 aromatic heterocycles. The van der Waals surface area contributed by atoms with Crippen LogP contribution in [0.4, 0.5) is 10.3 Å². The van der Waals surface area contributed by atoms with E-state index < -0.39 is 11.9 Å². The third-order valence-electron chi connectivity index (χ3n) is 5.65. The second kappa shape index (κ2) is 10.2. The normalized spacial score (nSPS) is 15.2. The number of anilines is 1. The molecule has 10 heteroatoms. The fourth-order valence-electron chi connectivity index (χ4n) is 3.98. The van der Waals surface area contributed by atoms with Crippen LogP contribution in [0.1, 0.15) is 25.3 Å². The fraction of sp³-hybridized carbons (Fsp3) is 0.348. The van der Waals surface area contributed by atoms with Crippen LogP contribution in [0.25, 0.3) is 5.69 Å². The number of carbonyl (C=O) groups is 2. The number of piperidine rings is 1. The van der Waals surface area contributed by atoms with Crippen molar-refractivity contribution in [3.63, 3.8) is 0 Å². The molecule has 1 aliphatic heterocycles. The zero-order valence-corrected chi connectivity index (χ0v) is 18.3. The van der Waals surface area contributed by atoms with E-state index in [-0.39, 0.29) is 24.3 Å². The van der Waals surface area contributed by atoms with Crippen LogP contribution in [0.3, 0.4) is 0 Å². The standard InChI is InChI=1S/C23H26FN7O2/c1-16(32)25-21(15-17-7-5-6-10-20(17)24)22(33)26-18-11-13-30(14-12-18)23-27-28-29-31(23)19-8-3-2-4-9-19/h2-10,18,21H,11-15H2,1H3,(H,25,32)(H,26,33)/t21-/m0/s1. The number of benzene rings is 2. The highest BCUT2D eigenvalue weighted by Crippen LogP contribution is 2.20. The maximum atomic E-state index is 14.1. The highest BCUT2D eigenvalue weighted by atomic mass is 19.1. The minimum Gasteiger partial charge on any atom is -0.351 e. The lowest BCUT2D eigenvalue weighted by Crippen LogP contribution is -2.52. The molecule has 2 N–H and O–H groups in total. The van der Waals surface area contributed by atoms with E-state index in [2.05, 4.69) is 31.1 Å². The molecule has 9 nitrogen and oxygen atoms in total. The molecule has 0 unspecified atom stereocenters. The Morgan fingerprint density at radius 1 is 1.09 bits per heavy atom. The minimum atomic E-state index is -0.845. The molecule has 1 atom stereocenters. The summed E-state index contributed by atoms with van der Waals surface area (Å²) in [7, 11) is 0. The van der Waals surface area contributed by atoms with Crippen molar-refractivity contribution in [2.24, 2.45) is 0 Å². The Balaban J connectivity index is 1.37. The number of hydrogen-bond donors (Lipinski definition) is 2. The molecular weight excluding hydrogens is 425 g/mol. The molecule has 172 valence electrons. The summed E-state index contributed by atoms with van der Waals surface area (Å²) in [6.45, 7) is 2.67. The van der Waals surface area contributed by atoms with Crippen molar-refractivity contribution in [2.75, 3.05) is 18.0 Å². The van der Waals surface area contributed by atoms with Crippen molar-refractivity contribution in [3.05, 3.63) is 66.0 Å². The van der Waals surface area contributed by atoms with Crippen LogP contribution < -0.4 is 15.5 Å². The average molecular weight is 452 g/mol. The van der Waals surface area contributed by atoms with Crippen LogP contribution in [0.15, 0.2) is 54.6 Å². The van der Waals surface area contributed by atoms with Gasteiger partial charge in [-0.1, -0.05) is 41.5 Å². The van der Waals surface area contributed by atoms with Gasteiger partial charge in [-0.3, -0.25) is 9.59 Å². The molecule has 0 saturated carbocycles. The number of aromatic nitrogens is 4. The number of tetrazole rings is 1. The van der Waals surface area contributed by atoms with E-state index in [1.54, 1.807) is 22.9 Å². The van der Waals surface area contributed by atoms with Gasteiger partial charge in [0.2, 0.25) is 17.8 Å². The summed E-state index contributed by atoms with van der Waals surface area (Å²) in [4.78, 5) is 26.6. The van der Waals surface area contributed by atoms with E-state index in [0.717, 1.165) is 5.69 Å². The Morgan fingerprint density at radius 3 is 2.48 bits per heavy atom. The number of carbonyl (C=O) groups excluding carboxylic acids is 2. The molecule has 3 aromatic rings. The number of nitrogens with zero attached hydrogens (tertiary/aromatic N) is 5. The van der Waals surface area contributed by atoms with E-state index in [9.17, 15) is 14.0 Å². The molecule has 2 heterocycles. The number of para-hydroxylation sites is 1. The molecule has 1 saturated heterocycles. The van der Waals surface area contributed by atoms with Crippen LogP contribution >= 0.6 is 0 Å². The number of rotatable bonds is 7. The smallest absolute Gasteiger partial charge is 0.250 e. The fourth-order valence-corrected chi connectivity index (χ4v) is 3.98. The van der Waals surface area contributed by atoms with Gasteiger partial charge in [-0.25, -0.2) is 4.39 Å². The predicted molar refractivity (Wildman–Crippen MR) is 120 cm³/mol. The first-order valence-electron chi connectivity index (χ1n) is 10.9. The largest absolute Gasteiger partial charge is 0.351 e. The highest BCUT2D eigenvalue weighted by Gasteiger charge is 2.28. The Kier molecular flexibility index (Phi) is 6.92. The Hall–Kier alpha value is -3.82. The molecule has 2 amide bonds. The van der Waals surface area contributed by atoms with Gasteiger partial charge in [0.25, 0.3) is 0 Å². The van der Waals surface area contributed by atoms with E-state index >= 15 is 0 Å². The lowest BCUT2D eigenvalue weighted by Gasteiger charge is -2.33. The van der Waals surface area contributed by atoms with Crippen LogP contribution in [0.5, 0.6) is 0 Å². The van der Waals surface area contributed by atoms with Crippen LogP contribution in [0.2, 0.25) is 0 Å². The summed E-state index contributed by atoms with van der Waals surface area (Å²) in [5, 5.41) is 17.8. The van der Waals surface area contributed by atoms with Gasteiger partial charge >= 0.3 is 0 Å². The monoisotopic (exact) mass is 451 g/mol. The first-order chi connectivity index (χ1) is 16.0. The molecular formula is C23H26FN7O2. The van der Waals surface area contributed by atoms with Crippen molar-refractivity contribution < 1.29 is 14.0 Å². The molecule has 1 aliphatic rings. The summed E-state index contributed by atoms with van der Waals surface area (Å²) in [5.74, 6) is -0.401. The third kappa shape index (κ3) is 5.51. The second-order valence-electron chi connectivity index (χ2n) is 8.04. The Labute approximate surface area is 191 Å². The van der Waals surface area contributed by atoms with Gasteiger partial charge < -0.3 is 15.5 Å². The molecule has 33 heavy (non-hydrogen) atoms. The van der Waals surface area contributed by atoms with Crippen LogP contribution in [-0.2, 0) is 16.0 Å². The Morgan fingerprint density at radius 2 is 1.79 bits per heavy atom. The molecule has 1 fully saturated rings. The van der Waals surface area contributed by atoms with Crippen molar-refractivity contribution >= 4 is 17.8 Å². The summed E-state index contributed by atoms with van der Waals surface area (Å²) in [6, 6.07) is 15.0. The van der Waals surface area contributed by atoms with E-state index in [0.29, 0.717) is 37.4 Å². The van der Waals surface area contributed by atoms with Gasteiger partial charge in [0.1, 0.15) is 11.9 Å². The third-order valence-corrected chi connectivity index (χ3v) is 5.65. The lowest BCUT2D eigenvalue weighted by molar-refractivity contribution is -0.128. The SMILES string of the molecule is CC(=O)N[C@@H](Cc1ccccc1F)C(=O)NC1CCN(c2nnnn2-c2ccccc2)CC1. The molecule has 0 bridgehead atoms. The van der Waals surface area contributed by atoms with Gasteiger partial charge in [0.15, 0.2) is 0 Å². The van der Waals surface area contributed by atoms with Crippen molar-refractivity contribution in [1.82, 2.24) is 30.8 Å². The first kappa shape index (κ1) is 22.4. The summed E-state index contributed by atoms with van der Waals surface area (Å²) < 4.78 is 15.8. The van der Waals surface area contributed by atoms with Gasteiger partial charge in [-0.2, -0.15) is 4.68 Å². The van der Waals surface area contributed by atoms with Crippen molar-refractivity contribution in [3.8, 4) is 5.69 Å². The average Bonchev–Trinajstić information content (AvgIpc) is 3.31. The summed E-state index contributed by atoms with van der Waals surface area (Å²) >= 11 is 0. The zero-order chi connectivity index (χ0) is 23.2. The molecule has 0 spiro atoms. The van der Waals surface area contributed by atoms with E-state index in [1.807, 2.05) is 30.3 Å². The van der Waals surface area contributed by atoms with Gasteiger partial charge in [-0.15, -0.1) is 0 Å². The lowest BCUT2D eigenvalue weighted by atomic mass is 10.0. The number of nitrogens with one attached hydrogen (secondary N) is 2. The van der Waals surface area contributed by atoms with E-state index in [4.69, 9.17) is 0 Å². The van der Waals surface area contributed by atoms with Gasteiger partial charge in [0, 0.05) is 32.5 Å². The quantitative estimate of drug-likeness (QED) is 0.566. The maximum absolute atomic E-state index is 14.1. The molecule has 0 aliphatic carbocycles. The maximum Gasteiger partial charge on any atom is 0.250 e. The van der Waals surface area contributed by atoms with Crippen LogP contribution in [-0.4, -0.2) is 57.2 Å². The minimum absolute atomic E-state index is 0.0633. The highest BCUT2D eigenvalue weighted by molar-refractivity contribution is 5.87. The van der Waals surface area contributed by atoms with Crippen molar-refractivity contribution in [2.45, 2.75) is 38.3 Å². The summed E-state index contributed by atoms with van der Waals surface area (Å²) in [6.07, 6.45) is 1.47. The van der Waals surface area contributed by atoms with Crippen LogP contribution in [0, 0.1) is 5.82 Å². The number of amides is 2. The Bertz CT molecular complexity index is 1100. The van der Waals surface area contributed by atoms with E-state index in [1.165, 1.54) is 13.0 Å². The predicted octanol–water partition coefficient (Wildman–Crippen LogP) is 1.63. The molecule has 4 rings (SSSR count). The molecule has 0 radical (unpaired) electrons. The topological polar surface area (TPSA) is 105 Å². The number of halogens is 1. The van der Waals surface area contributed by atoms with Gasteiger partial charge in [-0.05, 0) is 47.0 Å². The number of hydrogen-bond acceptors (Lipinski definition) is 6. The summed E-state index contributed by atoms with van der Waals surface area (Å²) in [5.41, 5.74) is 1.26. The first-order valence-corrected chi connectivity index (χ1v) is 10.9.